The van der Waals surface area contributed by atoms with Gasteiger partial charge >= 0.3 is 7.80 Å². The number of benzene rings is 2. The average molecular weight is 241 g/mol. The molecule has 0 radical (unpaired) electrons. The molecule has 0 aliphatic carbocycles. The molecule has 0 aromatic heterocycles. The Kier molecular flexibility index (Phi) is 2.78. The summed E-state index contributed by atoms with van der Waals surface area (Å²) in [6, 6.07) is 16.7. The molecule has 1 aliphatic heterocycles. The highest BCUT2D eigenvalue weighted by molar-refractivity contribution is 7.42. The van der Waals surface area contributed by atoms with Crippen LogP contribution in [0.1, 0.15) is 22.3 Å². The van der Waals surface area contributed by atoms with Crippen molar-refractivity contribution >= 4 is 7.80 Å². The summed E-state index contributed by atoms with van der Waals surface area (Å²) in [4.78, 5) is 0. The van der Waals surface area contributed by atoms with E-state index in [0.29, 0.717) is 0 Å². The highest BCUT2D eigenvalue weighted by Crippen LogP contribution is 2.36. The van der Waals surface area contributed by atoms with Crippen LogP contribution in [-0.4, -0.2) is 0 Å². The van der Waals surface area contributed by atoms with Crippen LogP contribution >= 0.6 is 7.80 Å². The largest absolute Gasteiger partial charge is 0.348 e. The van der Waals surface area contributed by atoms with Crippen LogP contribution < -0.4 is 0 Å². The van der Waals surface area contributed by atoms with Crippen LogP contribution in [0.4, 0.5) is 0 Å². The van der Waals surface area contributed by atoms with Gasteiger partial charge in [0.15, 0.2) is 12.3 Å². The van der Waals surface area contributed by atoms with E-state index in [-0.39, 0.29) is 0 Å². The van der Waals surface area contributed by atoms with Crippen LogP contribution in [0.25, 0.3) is 0 Å². The average Bonchev–Trinajstić information content (AvgIpc) is 2.31. The van der Waals surface area contributed by atoms with E-state index in [9.17, 15) is 4.57 Å². The van der Waals surface area contributed by atoms with Crippen LogP contribution in [0, 0.1) is 0 Å². The standard InChI is InChI=1S/C15H14OP/c16-17-10-14-7-3-1-5-12(14)9-13-6-2-4-8-15(13)11-17/h1-8H,9-11H2/q+1. The smallest absolute Gasteiger partial charge is 0.0740 e. The van der Waals surface area contributed by atoms with Gasteiger partial charge in [-0.15, -0.1) is 0 Å². The third kappa shape index (κ3) is 2.16. The van der Waals surface area contributed by atoms with Crippen molar-refractivity contribution in [3.8, 4) is 0 Å². The normalized spacial score (nSPS) is 14.5. The van der Waals surface area contributed by atoms with E-state index in [1.165, 1.54) is 22.3 Å². The predicted molar refractivity (Wildman–Crippen MR) is 70.7 cm³/mol. The fourth-order valence-electron chi connectivity index (χ4n) is 2.41. The van der Waals surface area contributed by atoms with Gasteiger partial charge in [-0.1, -0.05) is 53.1 Å². The molecule has 1 nitrogen and oxygen atoms in total. The molecule has 0 unspecified atom stereocenters. The minimum absolute atomic E-state index is 0.722. The molecule has 2 aromatic rings. The van der Waals surface area contributed by atoms with Gasteiger partial charge in [0.25, 0.3) is 0 Å². The fraction of sp³-hybridized carbons (Fsp3) is 0.200. The van der Waals surface area contributed by atoms with Gasteiger partial charge in [0.1, 0.15) is 0 Å². The van der Waals surface area contributed by atoms with Crippen LogP contribution in [0.2, 0.25) is 0 Å². The van der Waals surface area contributed by atoms with E-state index >= 15 is 0 Å². The lowest BCUT2D eigenvalue weighted by Gasteiger charge is -2.11. The Balaban J connectivity index is 2.12. The Morgan fingerprint density at radius 2 is 1.12 bits per heavy atom. The molecular weight excluding hydrogens is 227 g/mol. The van der Waals surface area contributed by atoms with Crippen molar-refractivity contribution in [1.29, 1.82) is 0 Å². The van der Waals surface area contributed by atoms with Gasteiger partial charge in [0.2, 0.25) is 0 Å². The van der Waals surface area contributed by atoms with Crippen molar-refractivity contribution in [2.24, 2.45) is 0 Å². The Morgan fingerprint density at radius 1 is 0.706 bits per heavy atom. The summed E-state index contributed by atoms with van der Waals surface area (Å²) in [6.07, 6.45) is 2.41. The third-order valence-corrected chi connectivity index (χ3v) is 4.70. The number of hydrogen-bond donors (Lipinski definition) is 0. The van der Waals surface area contributed by atoms with Gasteiger partial charge in [-0.05, 0) is 17.5 Å². The summed E-state index contributed by atoms with van der Waals surface area (Å²) >= 11 is 0. The van der Waals surface area contributed by atoms with Gasteiger partial charge in [-0.25, -0.2) is 0 Å². The zero-order chi connectivity index (χ0) is 11.7. The molecular formula is C15H14OP+. The lowest BCUT2D eigenvalue weighted by atomic mass is 9.97. The summed E-state index contributed by atoms with van der Waals surface area (Å²) in [5.41, 5.74) is 5.15. The molecule has 0 fully saturated rings. The summed E-state index contributed by atoms with van der Waals surface area (Å²) in [7, 11) is -1.16. The van der Waals surface area contributed by atoms with Gasteiger partial charge in [0, 0.05) is 11.1 Å². The lowest BCUT2D eigenvalue weighted by Crippen LogP contribution is -2.01. The van der Waals surface area contributed by atoms with Crippen molar-refractivity contribution in [1.82, 2.24) is 0 Å². The van der Waals surface area contributed by atoms with Gasteiger partial charge < -0.3 is 0 Å². The topological polar surface area (TPSA) is 17.1 Å². The molecule has 1 heterocycles. The number of rotatable bonds is 0. The molecule has 0 saturated heterocycles. The first-order valence-corrected chi connectivity index (χ1v) is 7.51. The molecule has 3 rings (SSSR count). The van der Waals surface area contributed by atoms with Crippen LogP contribution in [0.15, 0.2) is 48.5 Å². The fourth-order valence-corrected chi connectivity index (χ4v) is 3.90. The molecule has 1 aliphatic rings. The lowest BCUT2D eigenvalue weighted by molar-refractivity contribution is 0.586. The van der Waals surface area contributed by atoms with Crippen molar-refractivity contribution in [3.63, 3.8) is 0 Å². The summed E-state index contributed by atoms with van der Waals surface area (Å²) < 4.78 is 12.1. The molecule has 0 amide bonds. The number of fused-ring (bicyclic) bond motifs is 2. The van der Waals surface area contributed by atoms with E-state index in [4.69, 9.17) is 0 Å². The Bertz CT molecular complexity index is 525. The van der Waals surface area contributed by atoms with E-state index in [2.05, 4.69) is 36.4 Å². The molecule has 0 saturated carbocycles. The van der Waals surface area contributed by atoms with E-state index in [0.717, 1.165) is 18.7 Å². The van der Waals surface area contributed by atoms with E-state index in [1.54, 1.807) is 0 Å². The SMILES string of the molecule is O=[P+]1Cc2ccccc2Cc2ccccc2C1. The van der Waals surface area contributed by atoms with Crippen molar-refractivity contribution in [3.05, 3.63) is 70.8 Å². The van der Waals surface area contributed by atoms with Crippen LogP contribution in [0.3, 0.4) is 0 Å². The molecule has 0 bridgehead atoms. The molecule has 2 aromatic carbocycles. The molecule has 17 heavy (non-hydrogen) atoms. The van der Waals surface area contributed by atoms with Crippen molar-refractivity contribution in [2.45, 2.75) is 18.7 Å². The minimum atomic E-state index is -1.16. The molecule has 2 heteroatoms. The Labute approximate surface area is 102 Å². The second-order valence-electron chi connectivity index (χ2n) is 4.51. The van der Waals surface area contributed by atoms with Crippen LogP contribution in [0.5, 0.6) is 0 Å². The zero-order valence-electron chi connectivity index (χ0n) is 9.60. The van der Waals surface area contributed by atoms with E-state index < -0.39 is 7.80 Å². The molecule has 0 spiro atoms. The summed E-state index contributed by atoms with van der Waals surface area (Å²) in [5.74, 6) is 0. The second-order valence-corrected chi connectivity index (χ2v) is 6.11. The van der Waals surface area contributed by atoms with Crippen molar-refractivity contribution < 1.29 is 4.57 Å². The number of hydrogen-bond acceptors (Lipinski definition) is 1. The summed E-state index contributed by atoms with van der Waals surface area (Å²) in [5, 5.41) is 0. The highest BCUT2D eigenvalue weighted by Gasteiger charge is 2.23. The highest BCUT2D eigenvalue weighted by atomic mass is 31.1. The quantitative estimate of drug-likeness (QED) is 0.634. The van der Waals surface area contributed by atoms with Crippen LogP contribution in [-0.2, 0) is 23.3 Å². The first kappa shape index (κ1) is 10.7. The zero-order valence-corrected chi connectivity index (χ0v) is 10.5. The van der Waals surface area contributed by atoms with Gasteiger partial charge in [0.05, 0.1) is 0 Å². The minimum Gasteiger partial charge on any atom is -0.0740 e. The van der Waals surface area contributed by atoms with Gasteiger partial charge in [-0.3, -0.25) is 0 Å². The second kappa shape index (κ2) is 4.43. The maximum atomic E-state index is 12.1. The Morgan fingerprint density at radius 3 is 1.59 bits per heavy atom. The maximum Gasteiger partial charge on any atom is 0.348 e. The monoisotopic (exact) mass is 241 g/mol. The van der Waals surface area contributed by atoms with Crippen molar-refractivity contribution in [2.75, 3.05) is 0 Å². The Hall–Kier alpha value is -1.46. The first-order valence-electron chi connectivity index (χ1n) is 5.88. The molecule has 0 N–H and O–H groups in total. The van der Waals surface area contributed by atoms with Gasteiger partial charge in [-0.2, -0.15) is 0 Å². The summed E-state index contributed by atoms with van der Waals surface area (Å²) in [6.45, 7) is 0. The molecule has 84 valence electrons. The predicted octanol–water partition coefficient (Wildman–Crippen LogP) is 4.12. The van der Waals surface area contributed by atoms with E-state index in [1.807, 2.05) is 12.1 Å². The first-order chi connectivity index (χ1) is 8.33. The molecule has 0 atom stereocenters. The third-order valence-electron chi connectivity index (χ3n) is 3.31. The maximum absolute atomic E-state index is 12.1.